The van der Waals surface area contributed by atoms with Gasteiger partial charge in [-0.1, -0.05) is 37.0 Å². The topological polar surface area (TPSA) is 26.0 Å². The lowest BCUT2D eigenvalue weighted by Crippen LogP contribution is -2.13. The molecule has 0 fully saturated rings. The zero-order valence-corrected chi connectivity index (χ0v) is 9.94. The Balaban J connectivity index is 2.88. The standard InChI is InChI=1S/C11H15Cl2N/c1-7(2)5-11(14)9-6-8(12)3-4-10(9)13/h3-4,6-7,11H,5,14H2,1-2H3. The van der Waals surface area contributed by atoms with E-state index in [0.717, 1.165) is 12.0 Å². The maximum Gasteiger partial charge on any atom is 0.0454 e. The molecule has 1 aromatic carbocycles. The van der Waals surface area contributed by atoms with Gasteiger partial charge in [0.15, 0.2) is 0 Å². The molecule has 3 heteroatoms. The van der Waals surface area contributed by atoms with Crippen LogP contribution in [0.5, 0.6) is 0 Å². The average Bonchev–Trinajstić information content (AvgIpc) is 2.08. The van der Waals surface area contributed by atoms with E-state index in [2.05, 4.69) is 13.8 Å². The van der Waals surface area contributed by atoms with Gasteiger partial charge in [-0.25, -0.2) is 0 Å². The molecule has 0 spiro atoms. The van der Waals surface area contributed by atoms with Gasteiger partial charge in [-0.2, -0.15) is 0 Å². The molecule has 0 amide bonds. The number of halogens is 2. The van der Waals surface area contributed by atoms with Crippen LogP contribution in [0.3, 0.4) is 0 Å². The third-order valence-corrected chi connectivity index (χ3v) is 2.66. The molecule has 1 aromatic rings. The first-order valence-corrected chi connectivity index (χ1v) is 5.47. The van der Waals surface area contributed by atoms with Crippen molar-refractivity contribution >= 4 is 23.2 Å². The molecule has 0 aliphatic rings. The van der Waals surface area contributed by atoms with Gasteiger partial charge in [0.25, 0.3) is 0 Å². The second-order valence-corrected chi connectivity index (χ2v) is 4.75. The van der Waals surface area contributed by atoms with Crippen LogP contribution in [0.15, 0.2) is 18.2 Å². The molecule has 14 heavy (non-hydrogen) atoms. The number of hydrogen-bond acceptors (Lipinski definition) is 1. The fraction of sp³-hybridized carbons (Fsp3) is 0.455. The molecule has 0 aliphatic heterocycles. The van der Waals surface area contributed by atoms with Gasteiger partial charge in [0.05, 0.1) is 0 Å². The van der Waals surface area contributed by atoms with Gasteiger partial charge >= 0.3 is 0 Å². The molecule has 2 N–H and O–H groups in total. The van der Waals surface area contributed by atoms with E-state index in [4.69, 9.17) is 28.9 Å². The molecular weight excluding hydrogens is 217 g/mol. The Morgan fingerprint density at radius 3 is 2.50 bits per heavy atom. The van der Waals surface area contributed by atoms with E-state index in [1.165, 1.54) is 0 Å². The van der Waals surface area contributed by atoms with Crippen molar-refractivity contribution in [2.45, 2.75) is 26.3 Å². The largest absolute Gasteiger partial charge is 0.324 e. The summed E-state index contributed by atoms with van der Waals surface area (Å²) >= 11 is 11.9. The Kier molecular flexibility index (Phi) is 4.24. The summed E-state index contributed by atoms with van der Waals surface area (Å²) in [5.41, 5.74) is 6.96. The molecule has 0 saturated carbocycles. The van der Waals surface area contributed by atoms with Crippen LogP contribution < -0.4 is 5.73 Å². The van der Waals surface area contributed by atoms with E-state index in [1.807, 2.05) is 6.07 Å². The summed E-state index contributed by atoms with van der Waals surface area (Å²) in [7, 11) is 0. The molecule has 1 rings (SSSR count). The summed E-state index contributed by atoms with van der Waals surface area (Å²) in [6.07, 6.45) is 0.917. The van der Waals surface area contributed by atoms with Crippen LogP contribution in [0, 0.1) is 5.92 Å². The molecule has 0 radical (unpaired) electrons. The third-order valence-electron chi connectivity index (χ3n) is 2.08. The number of nitrogens with two attached hydrogens (primary N) is 1. The predicted octanol–water partition coefficient (Wildman–Crippen LogP) is 4.04. The highest BCUT2D eigenvalue weighted by Crippen LogP contribution is 2.28. The molecule has 0 aliphatic carbocycles. The molecule has 0 saturated heterocycles. The van der Waals surface area contributed by atoms with E-state index in [0.29, 0.717) is 16.0 Å². The molecule has 78 valence electrons. The fourth-order valence-electron chi connectivity index (χ4n) is 1.43. The summed E-state index contributed by atoms with van der Waals surface area (Å²) in [4.78, 5) is 0. The molecular formula is C11H15Cl2N. The second kappa shape index (κ2) is 5.01. The molecule has 0 aromatic heterocycles. The second-order valence-electron chi connectivity index (χ2n) is 3.90. The first-order valence-electron chi connectivity index (χ1n) is 4.71. The Morgan fingerprint density at radius 2 is 1.93 bits per heavy atom. The summed E-state index contributed by atoms with van der Waals surface area (Å²) in [5, 5.41) is 1.38. The minimum atomic E-state index is -0.0267. The zero-order chi connectivity index (χ0) is 10.7. The molecule has 0 heterocycles. The minimum Gasteiger partial charge on any atom is -0.324 e. The normalized spacial score (nSPS) is 13.3. The summed E-state index contributed by atoms with van der Waals surface area (Å²) in [6.45, 7) is 4.27. The Bertz CT molecular complexity index is 310. The number of rotatable bonds is 3. The SMILES string of the molecule is CC(C)CC(N)c1cc(Cl)ccc1Cl. The Morgan fingerprint density at radius 1 is 1.29 bits per heavy atom. The average molecular weight is 232 g/mol. The highest BCUT2D eigenvalue weighted by Gasteiger charge is 2.12. The smallest absolute Gasteiger partial charge is 0.0454 e. The van der Waals surface area contributed by atoms with Crippen molar-refractivity contribution in [2.24, 2.45) is 11.7 Å². The van der Waals surface area contributed by atoms with Gasteiger partial charge in [0.2, 0.25) is 0 Å². The van der Waals surface area contributed by atoms with Gasteiger partial charge in [-0.3, -0.25) is 0 Å². The number of hydrogen-bond donors (Lipinski definition) is 1. The first kappa shape index (κ1) is 11.8. The summed E-state index contributed by atoms with van der Waals surface area (Å²) in [5.74, 6) is 0.556. The quantitative estimate of drug-likeness (QED) is 0.836. The van der Waals surface area contributed by atoms with Gasteiger partial charge in [-0.05, 0) is 36.1 Å². The molecule has 1 atom stereocenters. The maximum atomic E-state index is 6.04. The summed E-state index contributed by atoms with van der Waals surface area (Å²) in [6, 6.07) is 5.38. The van der Waals surface area contributed by atoms with E-state index in [-0.39, 0.29) is 6.04 Å². The lowest BCUT2D eigenvalue weighted by molar-refractivity contribution is 0.510. The van der Waals surface area contributed by atoms with E-state index in [1.54, 1.807) is 12.1 Å². The number of benzene rings is 1. The highest BCUT2D eigenvalue weighted by molar-refractivity contribution is 6.33. The molecule has 0 bridgehead atoms. The van der Waals surface area contributed by atoms with Crippen molar-refractivity contribution < 1.29 is 0 Å². The van der Waals surface area contributed by atoms with Crippen molar-refractivity contribution in [2.75, 3.05) is 0 Å². The van der Waals surface area contributed by atoms with Crippen LogP contribution in [-0.2, 0) is 0 Å². The molecule has 1 nitrogen and oxygen atoms in total. The van der Waals surface area contributed by atoms with Crippen LogP contribution in [0.4, 0.5) is 0 Å². The Labute approximate surface area is 95.2 Å². The zero-order valence-electron chi connectivity index (χ0n) is 8.43. The van der Waals surface area contributed by atoms with Crippen molar-refractivity contribution in [1.82, 2.24) is 0 Å². The van der Waals surface area contributed by atoms with Crippen LogP contribution >= 0.6 is 23.2 Å². The van der Waals surface area contributed by atoms with Crippen molar-refractivity contribution in [3.05, 3.63) is 33.8 Å². The Hall–Kier alpha value is -0.240. The maximum absolute atomic E-state index is 6.04. The monoisotopic (exact) mass is 231 g/mol. The van der Waals surface area contributed by atoms with Gasteiger partial charge in [0, 0.05) is 16.1 Å². The predicted molar refractivity (Wildman–Crippen MR) is 62.8 cm³/mol. The first-order chi connectivity index (χ1) is 6.50. The lowest BCUT2D eigenvalue weighted by Gasteiger charge is -2.16. The summed E-state index contributed by atoms with van der Waals surface area (Å²) < 4.78 is 0. The van der Waals surface area contributed by atoms with E-state index < -0.39 is 0 Å². The van der Waals surface area contributed by atoms with Gasteiger partial charge in [-0.15, -0.1) is 0 Å². The van der Waals surface area contributed by atoms with E-state index in [9.17, 15) is 0 Å². The lowest BCUT2D eigenvalue weighted by atomic mass is 9.98. The third kappa shape index (κ3) is 3.16. The van der Waals surface area contributed by atoms with Crippen molar-refractivity contribution in [3.63, 3.8) is 0 Å². The van der Waals surface area contributed by atoms with Crippen LogP contribution in [-0.4, -0.2) is 0 Å². The fourth-order valence-corrected chi connectivity index (χ4v) is 1.87. The van der Waals surface area contributed by atoms with Crippen LogP contribution in [0.2, 0.25) is 10.0 Å². The van der Waals surface area contributed by atoms with Gasteiger partial charge in [0.1, 0.15) is 0 Å². The van der Waals surface area contributed by atoms with Crippen molar-refractivity contribution in [1.29, 1.82) is 0 Å². The van der Waals surface area contributed by atoms with E-state index >= 15 is 0 Å². The van der Waals surface area contributed by atoms with Gasteiger partial charge < -0.3 is 5.73 Å². The van der Waals surface area contributed by atoms with Crippen LogP contribution in [0.25, 0.3) is 0 Å². The van der Waals surface area contributed by atoms with Crippen molar-refractivity contribution in [3.8, 4) is 0 Å². The highest BCUT2D eigenvalue weighted by atomic mass is 35.5. The van der Waals surface area contributed by atoms with Crippen LogP contribution in [0.1, 0.15) is 31.9 Å². The minimum absolute atomic E-state index is 0.0267. The molecule has 1 unspecified atom stereocenters.